The zero-order valence-electron chi connectivity index (χ0n) is 11.2. The Morgan fingerprint density at radius 2 is 1.68 bits per heavy atom. The van der Waals surface area contributed by atoms with Gasteiger partial charge in [0.1, 0.15) is 5.76 Å². The van der Waals surface area contributed by atoms with Gasteiger partial charge in [-0.05, 0) is 39.5 Å². The first-order valence-electron chi connectivity index (χ1n) is 6.45. The fourth-order valence-electron chi connectivity index (χ4n) is 2.42. The number of rotatable bonds is 2. The van der Waals surface area contributed by atoms with Crippen molar-refractivity contribution in [1.29, 1.82) is 0 Å². The Morgan fingerprint density at radius 3 is 2.16 bits per heavy atom. The molecule has 3 aliphatic rings. The fourth-order valence-corrected chi connectivity index (χ4v) is 2.42. The number of allylic oxidation sites excluding steroid dienone is 1. The Kier molecular flexibility index (Phi) is 3.93. The molecule has 0 aromatic heterocycles. The minimum atomic E-state index is -0.753. The van der Waals surface area contributed by atoms with Crippen LogP contribution in [0.2, 0.25) is 0 Å². The number of ether oxygens (including phenoxy) is 1. The minimum Gasteiger partial charge on any atom is -0.494 e. The van der Waals surface area contributed by atoms with E-state index in [4.69, 9.17) is 4.74 Å². The smallest absolute Gasteiger partial charge is 0.385 e. The molecule has 3 fully saturated rings. The second-order valence-electron chi connectivity index (χ2n) is 5.10. The second-order valence-corrected chi connectivity index (χ2v) is 5.10. The molecule has 1 aliphatic carbocycles. The van der Waals surface area contributed by atoms with E-state index in [1.807, 2.05) is 0 Å². The number of carbonyl (C=O) groups is 2. The first-order valence-corrected chi connectivity index (χ1v) is 6.45. The molecule has 1 saturated carbocycles. The van der Waals surface area contributed by atoms with Crippen molar-refractivity contribution in [3.05, 3.63) is 23.5 Å². The van der Waals surface area contributed by atoms with Gasteiger partial charge < -0.3 is 4.74 Å². The first kappa shape index (κ1) is 13.6. The maximum atomic E-state index is 11.8. The molecular weight excluding hydrogens is 248 g/mol. The quantitative estimate of drug-likeness (QED) is 0.436. The van der Waals surface area contributed by atoms with Crippen LogP contribution in [0.4, 0.5) is 0 Å². The van der Waals surface area contributed by atoms with Gasteiger partial charge in [-0.2, -0.15) is 0 Å². The molecule has 0 amide bonds. The summed E-state index contributed by atoms with van der Waals surface area (Å²) in [7, 11) is 0. The van der Waals surface area contributed by atoms with Crippen LogP contribution >= 0.6 is 0 Å². The van der Waals surface area contributed by atoms with Crippen LogP contribution < -0.4 is 0 Å². The normalized spacial score (nSPS) is 27.3. The van der Waals surface area contributed by atoms with Crippen LogP contribution in [0, 0.1) is 5.92 Å². The largest absolute Gasteiger partial charge is 0.494 e. The molecule has 0 atom stereocenters. The van der Waals surface area contributed by atoms with Gasteiger partial charge in [-0.25, -0.2) is 19.4 Å². The summed E-state index contributed by atoms with van der Waals surface area (Å²) in [5, 5.41) is 0. The third kappa shape index (κ3) is 2.97. The summed E-state index contributed by atoms with van der Waals surface area (Å²) in [6.07, 6.45) is 4.37. The maximum Gasteiger partial charge on any atom is 0.385 e. The van der Waals surface area contributed by atoms with E-state index in [2.05, 4.69) is 16.4 Å². The molecule has 0 unspecified atom stereocenters. The molecule has 0 N–H and O–H groups in total. The molecule has 3 rings (SSSR count). The average Bonchev–Trinajstić information content (AvgIpc) is 2.44. The fraction of sp³-hybridized carbons (Fsp3) is 0.571. The van der Waals surface area contributed by atoms with E-state index in [1.165, 1.54) is 6.92 Å². The lowest BCUT2D eigenvalue weighted by Gasteiger charge is -2.39. The van der Waals surface area contributed by atoms with Gasteiger partial charge in [0.2, 0.25) is 0 Å². The van der Waals surface area contributed by atoms with Crippen LogP contribution in [-0.4, -0.2) is 18.0 Å². The monoisotopic (exact) mass is 266 g/mol. The summed E-state index contributed by atoms with van der Waals surface area (Å²) in [6.45, 7) is 6.51. The van der Waals surface area contributed by atoms with Crippen LogP contribution in [0.1, 0.15) is 39.5 Å². The van der Waals surface area contributed by atoms with Crippen molar-refractivity contribution in [2.75, 3.05) is 0 Å². The Balaban J connectivity index is 1.99. The van der Waals surface area contributed by atoms with E-state index in [9.17, 15) is 9.59 Å². The molecule has 0 spiro atoms. The van der Waals surface area contributed by atoms with Crippen LogP contribution in [0.5, 0.6) is 0 Å². The van der Waals surface area contributed by atoms with Crippen molar-refractivity contribution in [3.8, 4) is 0 Å². The van der Waals surface area contributed by atoms with Gasteiger partial charge in [-0.3, -0.25) is 0 Å². The number of hydrogen-bond acceptors (Lipinski definition) is 5. The van der Waals surface area contributed by atoms with E-state index in [0.717, 1.165) is 25.7 Å². The topological polar surface area (TPSA) is 61.8 Å². The van der Waals surface area contributed by atoms with Crippen molar-refractivity contribution in [2.45, 2.75) is 45.6 Å². The maximum absolute atomic E-state index is 11.8. The van der Waals surface area contributed by atoms with Gasteiger partial charge in [0.25, 0.3) is 0 Å². The Bertz CT molecular complexity index is 441. The summed E-state index contributed by atoms with van der Waals surface area (Å²) in [5.74, 6) is -0.456. The SMILES string of the molecule is C=C(C)C(=O)OOC(=O)/C(C)=C1/OC2CCC1CC2. The Labute approximate surface area is 112 Å². The van der Waals surface area contributed by atoms with Crippen molar-refractivity contribution in [1.82, 2.24) is 0 Å². The lowest BCUT2D eigenvalue weighted by atomic mass is 9.81. The van der Waals surface area contributed by atoms with E-state index in [0.29, 0.717) is 11.3 Å². The van der Waals surface area contributed by atoms with Gasteiger partial charge >= 0.3 is 11.9 Å². The summed E-state index contributed by atoms with van der Waals surface area (Å²) < 4.78 is 5.74. The van der Waals surface area contributed by atoms with Gasteiger partial charge in [-0.1, -0.05) is 6.58 Å². The molecule has 2 bridgehead atoms. The van der Waals surface area contributed by atoms with E-state index in [1.54, 1.807) is 6.92 Å². The van der Waals surface area contributed by atoms with E-state index in [-0.39, 0.29) is 17.6 Å². The molecule has 2 aliphatic heterocycles. The first-order chi connectivity index (χ1) is 8.99. The van der Waals surface area contributed by atoms with Crippen LogP contribution in [0.25, 0.3) is 0 Å². The summed E-state index contributed by atoms with van der Waals surface area (Å²) in [4.78, 5) is 31.8. The Hall–Kier alpha value is -1.78. The molecule has 2 heterocycles. The third-order valence-corrected chi connectivity index (χ3v) is 3.56. The van der Waals surface area contributed by atoms with E-state index >= 15 is 0 Å². The predicted octanol–water partition coefficient (Wildman–Crippen LogP) is 2.43. The zero-order chi connectivity index (χ0) is 14.0. The highest BCUT2D eigenvalue weighted by Crippen LogP contribution is 2.41. The van der Waals surface area contributed by atoms with Crippen LogP contribution in [0.15, 0.2) is 23.5 Å². The lowest BCUT2D eigenvalue weighted by Crippen LogP contribution is -2.32. The van der Waals surface area contributed by atoms with Crippen LogP contribution in [0.3, 0.4) is 0 Å². The molecule has 0 aromatic carbocycles. The minimum absolute atomic E-state index is 0.172. The molecule has 19 heavy (non-hydrogen) atoms. The molecule has 0 aromatic rings. The standard InChI is InChI=1S/C14H18O5/c1-8(2)13(15)18-19-14(16)9(3)12-10-4-6-11(17-12)7-5-10/h10-11H,1,4-7H2,2-3H3/b12-9+. The van der Waals surface area contributed by atoms with Crippen molar-refractivity contribution in [2.24, 2.45) is 5.92 Å². The summed E-state index contributed by atoms with van der Waals surface area (Å²) >= 11 is 0. The van der Waals surface area contributed by atoms with Gasteiger partial charge in [0.15, 0.2) is 0 Å². The van der Waals surface area contributed by atoms with Gasteiger partial charge in [0.05, 0.1) is 11.7 Å². The highest BCUT2D eigenvalue weighted by molar-refractivity contribution is 5.90. The lowest BCUT2D eigenvalue weighted by molar-refractivity contribution is -0.252. The van der Waals surface area contributed by atoms with Crippen molar-refractivity contribution in [3.63, 3.8) is 0 Å². The molecule has 0 radical (unpaired) electrons. The number of fused-ring (bicyclic) bond motifs is 3. The second kappa shape index (κ2) is 5.47. The molecule has 5 nitrogen and oxygen atoms in total. The van der Waals surface area contributed by atoms with E-state index < -0.39 is 11.9 Å². The Morgan fingerprint density at radius 1 is 1.11 bits per heavy atom. The average molecular weight is 266 g/mol. The third-order valence-electron chi connectivity index (χ3n) is 3.56. The highest BCUT2D eigenvalue weighted by Gasteiger charge is 2.35. The zero-order valence-corrected chi connectivity index (χ0v) is 11.2. The predicted molar refractivity (Wildman–Crippen MR) is 66.5 cm³/mol. The van der Waals surface area contributed by atoms with Crippen LogP contribution in [-0.2, 0) is 24.1 Å². The molecule has 104 valence electrons. The van der Waals surface area contributed by atoms with Crippen molar-refractivity contribution < 1.29 is 24.1 Å². The van der Waals surface area contributed by atoms with Crippen molar-refractivity contribution >= 4 is 11.9 Å². The van der Waals surface area contributed by atoms with Gasteiger partial charge in [0, 0.05) is 11.5 Å². The highest BCUT2D eigenvalue weighted by atomic mass is 17.2. The summed E-state index contributed by atoms with van der Waals surface area (Å²) in [5.41, 5.74) is 0.551. The number of hydrogen-bond donors (Lipinski definition) is 0. The summed E-state index contributed by atoms with van der Waals surface area (Å²) in [6, 6.07) is 0. The number of carbonyl (C=O) groups excluding carboxylic acids is 2. The molecule has 5 heteroatoms. The van der Waals surface area contributed by atoms with Gasteiger partial charge in [-0.15, -0.1) is 0 Å². The molecular formula is C14H18O5. The molecule has 2 saturated heterocycles.